The summed E-state index contributed by atoms with van der Waals surface area (Å²) in [4.78, 5) is 0. The van der Waals surface area contributed by atoms with E-state index >= 15 is 0 Å². The molecule has 0 fully saturated rings. The van der Waals surface area contributed by atoms with Crippen molar-refractivity contribution in [3.8, 4) is 5.75 Å². The van der Waals surface area contributed by atoms with Gasteiger partial charge in [-0.1, -0.05) is 0 Å². The molecule has 0 aromatic heterocycles. The van der Waals surface area contributed by atoms with Crippen LogP contribution in [-0.4, -0.2) is 27.2 Å². The van der Waals surface area contributed by atoms with Crippen LogP contribution in [0.4, 0.5) is 0 Å². The van der Waals surface area contributed by atoms with E-state index in [9.17, 15) is 5.11 Å². The first kappa shape index (κ1) is 13.2. The van der Waals surface area contributed by atoms with Crippen molar-refractivity contribution < 1.29 is 9.84 Å². The molecule has 0 amide bonds. The van der Waals surface area contributed by atoms with Gasteiger partial charge in [-0.2, -0.15) is 0 Å². The molecule has 2 nitrogen and oxygen atoms in total. The fraction of sp³-hybridized carbons (Fsp3) is 0.200. The Morgan fingerprint density at radius 2 is 1.72 bits per heavy atom. The third-order valence-corrected chi connectivity index (χ3v) is 4.93. The minimum absolute atomic E-state index is 0.279. The predicted molar refractivity (Wildman–Crippen MR) is 74.6 cm³/mol. The second-order valence-corrected chi connectivity index (χ2v) is 6.21. The maximum absolute atomic E-state index is 10.1. The summed E-state index contributed by atoms with van der Waals surface area (Å²) in [6.07, 6.45) is -0.367. The van der Waals surface area contributed by atoms with Crippen LogP contribution in [-0.2, 0) is 0 Å². The summed E-state index contributed by atoms with van der Waals surface area (Å²) in [6, 6.07) is 17.9. The van der Waals surface area contributed by atoms with Crippen LogP contribution < -0.4 is 9.20 Å². The number of methoxy groups -OCH3 is 1. The van der Waals surface area contributed by atoms with Gasteiger partial charge < -0.3 is 0 Å². The van der Waals surface area contributed by atoms with Gasteiger partial charge in [0.1, 0.15) is 0 Å². The molecule has 0 saturated carbocycles. The fourth-order valence-corrected chi connectivity index (χ4v) is 3.45. The Bertz CT molecular complexity index is 468. The number of hydrogen-bond donors (Lipinski definition) is 1. The average molecular weight is 307 g/mol. The van der Waals surface area contributed by atoms with Gasteiger partial charge in [-0.15, -0.1) is 0 Å². The summed E-state index contributed by atoms with van der Waals surface area (Å²) in [6.45, 7) is 0. The van der Waals surface area contributed by atoms with Crippen LogP contribution in [0, 0.1) is 0 Å². The summed E-state index contributed by atoms with van der Waals surface area (Å²) in [5, 5.41) is 10.9. The molecule has 1 N–H and O–H groups in total. The Hall–Kier alpha value is -1.28. The zero-order chi connectivity index (χ0) is 12.8. The normalized spacial score (nSPS) is 12.1. The summed E-state index contributed by atoms with van der Waals surface area (Å²) >= 11 is 0.279. The zero-order valence-corrected chi connectivity index (χ0v) is 12.0. The van der Waals surface area contributed by atoms with E-state index in [2.05, 4.69) is 12.1 Å². The van der Waals surface area contributed by atoms with Crippen molar-refractivity contribution in [3.05, 3.63) is 60.2 Å². The van der Waals surface area contributed by atoms with Gasteiger partial charge in [-0.25, -0.2) is 0 Å². The van der Waals surface area contributed by atoms with Gasteiger partial charge in [0.05, 0.1) is 0 Å². The molecular formula is C15H16O2Se. The van der Waals surface area contributed by atoms with E-state index in [0.717, 1.165) is 16.6 Å². The van der Waals surface area contributed by atoms with Crippen molar-refractivity contribution in [3.63, 3.8) is 0 Å². The standard InChI is InChI=1S/C15H16O2Se/c1-17-13-7-9-14(10-8-13)18-11-15(16)12-5-3-2-4-6-12/h2-10,15-16H,11H2,1H3. The first-order valence-corrected chi connectivity index (χ1v) is 7.86. The molecule has 0 aliphatic rings. The van der Waals surface area contributed by atoms with Gasteiger partial charge in [0, 0.05) is 0 Å². The average Bonchev–Trinajstić information content (AvgIpc) is 2.46. The van der Waals surface area contributed by atoms with E-state index in [1.165, 1.54) is 4.46 Å². The van der Waals surface area contributed by atoms with Gasteiger partial charge in [-0.05, 0) is 0 Å². The topological polar surface area (TPSA) is 29.5 Å². The van der Waals surface area contributed by atoms with E-state index in [0.29, 0.717) is 0 Å². The van der Waals surface area contributed by atoms with E-state index < -0.39 is 0 Å². The van der Waals surface area contributed by atoms with Crippen LogP contribution in [0.2, 0.25) is 5.32 Å². The number of aliphatic hydroxyl groups excluding tert-OH is 1. The molecule has 18 heavy (non-hydrogen) atoms. The molecule has 1 unspecified atom stereocenters. The molecule has 0 spiro atoms. The molecule has 0 aliphatic carbocycles. The molecule has 0 radical (unpaired) electrons. The van der Waals surface area contributed by atoms with Crippen LogP contribution in [0.15, 0.2) is 54.6 Å². The number of hydrogen-bond acceptors (Lipinski definition) is 2. The molecular weight excluding hydrogens is 291 g/mol. The molecule has 0 heterocycles. The van der Waals surface area contributed by atoms with Crippen LogP contribution in [0.5, 0.6) is 5.75 Å². The van der Waals surface area contributed by atoms with Crippen molar-refractivity contribution in [2.24, 2.45) is 0 Å². The molecule has 2 aromatic carbocycles. The van der Waals surface area contributed by atoms with Gasteiger partial charge in [0.15, 0.2) is 0 Å². The summed E-state index contributed by atoms with van der Waals surface area (Å²) < 4.78 is 6.40. The van der Waals surface area contributed by atoms with Crippen LogP contribution in [0.1, 0.15) is 11.7 Å². The molecule has 94 valence electrons. The summed E-state index contributed by atoms with van der Waals surface area (Å²) in [5.41, 5.74) is 0.993. The van der Waals surface area contributed by atoms with Crippen molar-refractivity contribution in [1.29, 1.82) is 0 Å². The number of rotatable bonds is 5. The quantitative estimate of drug-likeness (QED) is 0.858. The SMILES string of the molecule is COc1ccc([Se]CC(O)c2ccccc2)cc1. The van der Waals surface area contributed by atoms with E-state index in [1.54, 1.807) is 7.11 Å². The molecule has 0 saturated heterocycles. The third kappa shape index (κ3) is 3.61. The number of ether oxygens (including phenoxy) is 1. The van der Waals surface area contributed by atoms with Crippen molar-refractivity contribution >= 4 is 19.4 Å². The van der Waals surface area contributed by atoms with Gasteiger partial charge in [-0.3, -0.25) is 0 Å². The Kier molecular flexibility index (Phi) is 4.82. The number of benzene rings is 2. The van der Waals surface area contributed by atoms with Crippen molar-refractivity contribution in [2.75, 3.05) is 7.11 Å². The molecule has 3 heteroatoms. The van der Waals surface area contributed by atoms with Gasteiger partial charge >= 0.3 is 114 Å². The van der Waals surface area contributed by atoms with E-state index in [1.807, 2.05) is 42.5 Å². The first-order valence-electron chi connectivity index (χ1n) is 5.79. The Labute approximate surface area is 114 Å². The van der Waals surface area contributed by atoms with Crippen LogP contribution in [0.25, 0.3) is 0 Å². The fourth-order valence-electron chi connectivity index (χ4n) is 1.62. The third-order valence-electron chi connectivity index (χ3n) is 2.65. The second-order valence-electron chi connectivity index (χ2n) is 3.91. The summed E-state index contributed by atoms with van der Waals surface area (Å²) in [7, 11) is 1.67. The molecule has 0 bridgehead atoms. The van der Waals surface area contributed by atoms with Crippen LogP contribution >= 0.6 is 0 Å². The Balaban J connectivity index is 1.91. The Morgan fingerprint density at radius 1 is 1.06 bits per heavy atom. The molecule has 1 atom stereocenters. The van der Waals surface area contributed by atoms with E-state index in [-0.39, 0.29) is 21.1 Å². The zero-order valence-electron chi connectivity index (χ0n) is 10.2. The maximum atomic E-state index is 10.1. The predicted octanol–water partition coefficient (Wildman–Crippen LogP) is 2.18. The molecule has 0 aliphatic heterocycles. The number of aliphatic hydroxyl groups is 1. The van der Waals surface area contributed by atoms with Crippen LogP contribution in [0.3, 0.4) is 0 Å². The molecule has 2 aromatic rings. The first-order chi connectivity index (χ1) is 8.79. The summed E-state index contributed by atoms with van der Waals surface area (Å²) in [5.74, 6) is 0.873. The monoisotopic (exact) mass is 308 g/mol. The van der Waals surface area contributed by atoms with Crippen molar-refractivity contribution in [1.82, 2.24) is 0 Å². The minimum atomic E-state index is -0.367. The second kappa shape index (κ2) is 6.60. The van der Waals surface area contributed by atoms with Gasteiger partial charge in [0.2, 0.25) is 0 Å². The molecule has 2 rings (SSSR count). The van der Waals surface area contributed by atoms with Crippen molar-refractivity contribution in [2.45, 2.75) is 11.4 Å². The van der Waals surface area contributed by atoms with Gasteiger partial charge in [0.25, 0.3) is 0 Å². The van der Waals surface area contributed by atoms with E-state index in [4.69, 9.17) is 4.74 Å². The Morgan fingerprint density at radius 3 is 2.33 bits per heavy atom.